The van der Waals surface area contributed by atoms with Gasteiger partial charge in [0.05, 0.1) is 7.11 Å². The van der Waals surface area contributed by atoms with Crippen LogP contribution < -0.4 is 10.1 Å². The fraction of sp³-hybridized carbons (Fsp3) is 0.632. The summed E-state index contributed by atoms with van der Waals surface area (Å²) in [6.07, 6.45) is 5.32. The summed E-state index contributed by atoms with van der Waals surface area (Å²) in [4.78, 5) is 14.7. The number of carbonyl (C=O) groups excluding carboxylic acids is 1. The predicted octanol–water partition coefficient (Wildman–Crippen LogP) is 2.93. The summed E-state index contributed by atoms with van der Waals surface area (Å²) in [6.45, 7) is 2.12. The summed E-state index contributed by atoms with van der Waals surface area (Å²) < 4.78 is 5.19. The van der Waals surface area contributed by atoms with Crippen LogP contribution in [0.15, 0.2) is 24.3 Å². The van der Waals surface area contributed by atoms with E-state index < -0.39 is 0 Å². The number of amides is 1. The molecule has 1 aromatic rings. The van der Waals surface area contributed by atoms with Gasteiger partial charge >= 0.3 is 0 Å². The number of hydrogen-bond donors (Lipinski definition) is 1. The van der Waals surface area contributed by atoms with Gasteiger partial charge < -0.3 is 15.0 Å². The normalized spacial score (nSPS) is 27.5. The zero-order chi connectivity index (χ0) is 16.4. The Morgan fingerprint density at radius 3 is 2.43 bits per heavy atom. The van der Waals surface area contributed by atoms with Crippen molar-refractivity contribution in [2.75, 3.05) is 14.2 Å². The summed E-state index contributed by atoms with van der Waals surface area (Å²) in [5.74, 6) is 1.35. The largest absolute Gasteiger partial charge is 0.497 e. The molecular weight excluding hydrogens is 288 g/mol. The van der Waals surface area contributed by atoms with Gasteiger partial charge in [-0.2, -0.15) is 0 Å². The fourth-order valence-electron chi connectivity index (χ4n) is 4.00. The van der Waals surface area contributed by atoms with Crippen LogP contribution in [0.4, 0.5) is 0 Å². The molecule has 0 saturated carbocycles. The molecule has 0 spiro atoms. The lowest BCUT2D eigenvalue weighted by Gasteiger charge is -2.36. The third kappa shape index (κ3) is 3.69. The number of carbonyl (C=O) groups is 1. The van der Waals surface area contributed by atoms with Crippen molar-refractivity contribution in [1.82, 2.24) is 10.2 Å². The highest BCUT2D eigenvalue weighted by Gasteiger charge is 2.36. The van der Waals surface area contributed by atoms with Crippen LogP contribution in [0.25, 0.3) is 0 Å². The Balaban J connectivity index is 1.56. The molecule has 3 unspecified atom stereocenters. The molecule has 3 atom stereocenters. The number of ether oxygens (including phenoxy) is 1. The molecule has 2 heterocycles. The van der Waals surface area contributed by atoms with E-state index in [1.165, 1.54) is 18.4 Å². The highest BCUT2D eigenvalue weighted by atomic mass is 16.5. The van der Waals surface area contributed by atoms with Crippen LogP contribution in [0.5, 0.6) is 5.75 Å². The van der Waals surface area contributed by atoms with E-state index in [-0.39, 0.29) is 11.8 Å². The molecule has 0 aliphatic carbocycles. The molecule has 2 aliphatic rings. The number of benzene rings is 1. The molecule has 1 N–H and O–H groups in total. The van der Waals surface area contributed by atoms with Crippen molar-refractivity contribution in [2.45, 2.75) is 63.1 Å². The molecular formula is C19H28N2O2. The van der Waals surface area contributed by atoms with E-state index in [1.54, 1.807) is 7.11 Å². The zero-order valence-corrected chi connectivity index (χ0v) is 14.4. The van der Waals surface area contributed by atoms with E-state index in [0.717, 1.165) is 18.6 Å². The van der Waals surface area contributed by atoms with Crippen LogP contribution in [0.1, 0.15) is 50.5 Å². The van der Waals surface area contributed by atoms with Crippen LogP contribution >= 0.6 is 0 Å². The molecule has 3 rings (SSSR count). The average Bonchev–Trinajstić information content (AvgIpc) is 2.92. The van der Waals surface area contributed by atoms with Gasteiger partial charge in [-0.25, -0.2) is 0 Å². The maximum Gasteiger partial charge on any atom is 0.223 e. The van der Waals surface area contributed by atoms with Crippen LogP contribution in [-0.2, 0) is 4.79 Å². The van der Waals surface area contributed by atoms with Crippen molar-refractivity contribution >= 4 is 5.91 Å². The van der Waals surface area contributed by atoms with Gasteiger partial charge in [0.25, 0.3) is 0 Å². The van der Waals surface area contributed by atoms with Crippen molar-refractivity contribution in [1.29, 1.82) is 0 Å². The first-order chi connectivity index (χ1) is 11.1. The molecule has 2 fully saturated rings. The molecule has 126 valence electrons. The topological polar surface area (TPSA) is 41.6 Å². The van der Waals surface area contributed by atoms with E-state index >= 15 is 0 Å². The fourth-order valence-corrected chi connectivity index (χ4v) is 4.00. The number of methoxy groups -OCH3 is 1. The summed E-state index contributed by atoms with van der Waals surface area (Å²) in [5, 5.41) is 3.64. The Bertz CT molecular complexity index is 531. The lowest BCUT2D eigenvalue weighted by Crippen LogP contribution is -2.48. The first-order valence-corrected chi connectivity index (χ1v) is 8.72. The average molecular weight is 316 g/mol. The first kappa shape index (κ1) is 16.3. The minimum absolute atomic E-state index is 0.231. The maximum absolute atomic E-state index is 12.7. The number of hydrogen-bond acceptors (Lipinski definition) is 3. The predicted molar refractivity (Wildman–Crippen MR) is 91.8 cm³/mol. The van der Waals surface area contributed by atoms with Gasteiger partial charge in [-0.15, -0.1) is 0 Å². The van der Waals surface area contributed by atoms with Crippen molar-refractivity contribution < 1.29 is 9.53 Å². The third-order valence-corrected chi connectivity index (χ3v) is 5.55. The highest BCUT2D eigenvalue weighted by molar-refractivity contribution is 5.77. The molecule has 4 nitrogen and oxygen atoms in total. The number of piperidine rings is 1. The van der Waals surface area contributed by atoms with Crippen LogP contribution in [0.3, 0.4) is 0 Å². The van der Waals surface area contributed by atoms with E-state index in [2.05, 4.69) is 24.4 Å². The Hall–Kier alpha value is -1.55. The molecule has 1 aromatic carbocycles. The Kier molecular flexibility index (Phi) is 4.90. The standard InChI is InChI=1S/C19H28N2O2/c1-13(14-4-8-18(23-3)9-5-14)10-19(22)21(2)17-11-15-6-7-16(12-17)20-15/h4-5,8-9,13,15-17,20H,6-7,10-12H2,1-3H3. The van der Waals surface area contributed by atoms with Crippen molar-refractivity contribution in [3.8, 4) is 5.75 Å². The van der Waals surface area contributed by atoms with Gasteiger partial charge in [0.2, 0.25) is 5.91 Å². The van der Waals surface area contributed by atoms with E-state index in [0.29, 0.717) is 24.5 Å². The van der Waals surface area contributed by atoms with Gasteiger partial charge in [-0.3, -0.25) is 4.79 Å². The Labute approximate surface area is 139 Å². The van der Waals surface area contributed by atoms with Crippen molar-refractivity contribution in [3.63, 3.8) is 0 Å². The highest BCUT2D eigenvalue weighted by Crippen LogP contribution is 2.30. The molecule has 0 aromatic heterocycles. The van der Waals surface area contributed by atoms with Crippen molar-refractivity contribution in [2.24, 2.45) is 0 Å². The number of nitrogens with one attached hydrogen (secondary N) is 1. The zero-order valence-electron chi connectivity index (χ0n) is 14.4. The minimum atomic E-state index is 0.231. The van der Waals surface area contributed by atoms with Gasteiger partial charge in [0.15, 0.2) is 0 Å². The van der Waals surface area contributed by atoms with Crippen molar-refractivity contribution in [3.05, 3.63) is 29.8 Å². The number of fused-ring (bicyclic) bond motifs is 2. The second-order valence-corrected chi connectivity index (χ2v) is 7.15. The quantitative estimate of drug-likeness (QED) is 0.908. The summed E-state index contributed by atoms with van der Waals surface area (Å²) in [6, 6.07) is 9.68. The summed E-state index contributed by atoms with van der Waals surface area (Å²) in [5.41, 5.74) is 1.19. The Morgan fingerprint density at radius 1 is 1.26 bits per heavy atom. The SMILES string of the molecule is COc1ccc(C(C)CC(=O)N(C)C2CC3CCC(C2)N3)cc1. The molecule has 2 aliphatic heterocycles. The molecule has 1 amide bonds. The van der Waals surface area contributed by atoms with Crippen LogP contribution in [0.2, 0.25) is 0 Å². The molecule has 4 heteroatoms. The van der Waals surface area contributed by atoms with E-state index in [4.69, 9.17) is 4.74 Å². The lowest BCUT2D eigenvalue weighted by atomic mass is 9.95. The van der Waals surface area contributed by atoms with Gasteiger partial charge in [-0.05, 0) is 49.3 Å². The van der Waals surface area contributed by atoms with Crippen LogP contribution in [-0.4, -0.2) is 43.1 Å². The second-order valence-electron chi connectivity index (χ2n) is 7.15. The molecule has 0 radical (unpaired) electrons. The van der Waals surface area contributed by atoms with Gasteiger partial charge in [0, 0.05) is 31.6 Å². The Morgan fingerprint density at radius 2 is 1.87 bits per heavy atom. The summed E-state index contributed by atoms with van der Waals surface area (Å²) in [7, 11) is 3.65. The van der Waals surface area contributed by atoms with Gasteiger partial charge in [-0.1, -0.05) is 19.1 Å². The third-order valence-electron chi connectivity index (χ3n) is 5.55. The van der Waals surface area contributed by atoms with Crippen LogP contribution in [0, 0.1) is 0 Å². The molecule has 2 saturated heterocycles. The monoisotopic (exact) mass is 316 g/mol. The maximum atomic E-state index is 12.7. The smallest absolute Gasteiger partial charge is 0.223 e. The first-order valence-electron chi connectivity index (χ1n) is 8.72. The molecule has 23 heavy (non-hydrogen) atoms. The molecule has 2 bridgehead atoms. The van der Waals surface area contributed by atoms with E-state index in [9.17, 15) is 4.79 Å². The lowest BCUT2D eigenvalue weighted by molar-refractivity contribution is -0.133. The summed E-state index contributed by atoms with van der Waals surface area (Å²) >= 11 is 0. The second kappa shape index (κ2) is 6.91. The number of nitrogens with zero attached hydrogens (tertiary/aromatic N) is 1. The minimum Gasteiger partial charge on any atom is -0.497 e. The van der Waals surface area contributed by atoms with Gasteiger partial charge in [0.1, 0.15) is 5.75 Å². The number of rotatable bonds is 5. The van der Waals surface area contributed by atoms with E-state index in [1.807, 2.05) is 24.1 Å².